The largest absolute Gasteiger partial charge is 0.321 e. The van der Waals surface area contributed by atoms with Gasteiger partial charge in [0.2, 0.25) is 5.91 Å². The molecule has 3 aromatic carbocycles. The second-order valence-corrected chi connectivity index (χ2v) is 9.69. The van der Waals surface area contributed by atoms with Crippen LogP contribution in [0.15, 0.2) is 83.4 Å². The Morgan fingerprint density at radius 2 is 1.59 bits per heavy atom. The maximum Gasteiger partial charge on any atom is 0.269 e. The molecule has 1 atom stereocenters. The van der Waals surface area contributed by atoms with Crippen molar-refractivity contribution < 1.29 is 9.59 Å². The van der Waals surface area contributed by atoms with Crippen molar-refractivity contribution in [3.05, 3.63) is 105 Å². The molecule has 0 spiro atoms. The number of benzene rings is 3. The minimum absolute atomic E-state index is 0.0990. The van der Waals surface area contributed by atoms with Crippen molar-refractivity contribution in [3.63, 3.8) is 0 Å². The Hall–Kier alpha value is -3.53. The van der Waals surface area contributed by atoms with Gasteiger partial charge < -0.3 is 5.32 Å². The molecular weight excluding hydrogens is 466 g/mol. The molecule has 0 radical (unpaired) electrons. The lowest BCUT2D eigenvalue weighted by Crippen LogP contribution is -2.30. The topological polar surface area (TPSA) is 73.2 Å². The molecule has 1 aliphatic rings. The van der Waals surface area contributed by atoms with Gasteiger partial charge in [0, 0.05) is 16.4 Å². The first-order valence-electron chi connectivity index (χ1n) is 10.7. The van der Waals surface area contributed by atoms with Crippen LogP contribution in [0.25, 0.3) is 0 Å². The molecule has 4 rings (SSSR count). The number of nitrogens with one attached hydrogen (secondary N) is 1. The number of carbonyl (C=O) groups excluding carboxylic acids is 2. The monoisotopic (exact) mass is 487 g/mol. The Labute approximate surface area is 208 Å². The van der Waals surface area contributed by atoms with Gasteiger partial charge in [-0.3, -0.25) is 14.5 Å². The first-order valence-corrected chi connectivity index (χ1v) is 12.0. The van der Waals surface area contributed by atoms with E-state index in [4.69, 9.17) is 11.6 Å². The van der Waals surface area contributed by atoms with Crippen molar-refractivity contribution in [1.29, 1.82) is 5.26 Å². The molecular formula is C27H22ClN3O2S. The predicted molar refractivity (Wildman–Crippen MR) is 138 cm³/mol. The highest BCUT2D eigenvalue weighted by Gasteiger charge is 2.40. The molecule has 1 fully saturated rings. The average Bonchev–Trinajstić information content (AvgIpc) is 3.13. The van der Waals surface area contributed by atoms with Crippen LogP contribution >= 0.6 is 23.4 Å². The maximum absolute atomic E-state index is 13.5. The van der Waals surface area contributed by atoms with E-state index in [2.05, 4.69) is 5.32 Å². The van der Waals surface area contributed by atoms with E-state index < -0.39 is 11.2 Å². The van der Waals surface area contributed by atoms with Gasteiger partial charge in [-0.25, -0.2) is 0 Å². The van der Waals surface area contributed by atoms with Gasteiger partial charge in [0.05, 0.1) is 5.25 Å². The number of nitrogens with zero attached hydrogens (tertiary/aromatic N) is 2. The third kappa shape index (κ3) is 5.17. The second-order valence-electron chi connectivity index (χ2n) is 8.06. The summed E-state index contributed by atoms with van der Waals surface area (Å²) in [6.45, 7) is 3.91. The van der Waals surface area contributed by atoms with Crippen molar-refractivity contribution >= 4 is 46.6 Å². The second kappa shape index (κ2) is 10.2. The molecule has 7 heteroatoms. The zero-order valence-corrected chi connectivity index (χ0v) is 20.3. The summed E-state index contributed by atoms with van der Waals surface area (Å²) in [4.78, 5) is 28.1. The summed E-state index contributed by atoms with van der Waals surface area (Å²) in [5.41, 5.74) is 4.15. The van der Waals surface area contributed by atoms with E-state index in [-0.39, 0.29) is 11.5 Å². The fourth-order valence-corrected chi connectivity index (χ4v) is 5.02. The van der Waals surface area contributed by atoms with Crippen molar-refractivity contribution in [1.82, 2.24) is 0 Å². The Morgan fingerprint density at radius 1 is 1.00 bits per heavy atom. The Balaban J connectivity index is 1.71. The van der Waals surface area contributed by atoms with Crippen LogP contribution in [0.1, 0.15) is 16.7 Å². The number of carbonyl (C=O) groups is 2. The average molecular weight is 488 g/mol. The number of aryl methyl sites for hydroxylation is 2. The number of amides is 2. The molecule has 1 heterocycles. The Morgan fingerprint density at radius 3 is 2.18 bits per heavy atom. The van der Waals surface area contributed by atoms with Crippen molar-refractivity contribution in [2.75, 3.05) is 10.2 Å². The smallest absolute Gasteiger partial charge is 0.269 e. The standard InChI is InChI=1S/C27H22ClN3O2S/c1-17-3-11-21(12-4-17)30-25(32)23(16-29)27-31(22-13-5-18(2)6-14-22)26(33)24(34-27)15-19-7-9-20(28)10-8-19/h3-14,24H,15H2,1-2H3,(H,30,32)/b27-23-. The van der Waals surface area contributed by atoms with E-state index in [1.165, 1.54) is 16.7 Å². The maximum atomic E-state index is 13.5. The molecule has 1 saturated heterocycles. The summed E-state index contributed by atoms with van der Waals surface area (Å²) >= 11 is 7.24. The molecule has 5 nitrogen and oxygen atoms in total. The van der Waals surface area contributed by atoms with E-state index in [9.17, 15) is 14.9 Å². The van der Waals surface area contributed by atoms with Crippen LogP contribution in [0.5, 0.6) is 0 Å². The van der Waals surface area contributed by atoms with Gasteiger partial charge in [-0.2, -0.15) is 5.26 Å². The van der Waals surface area contributed by atoms with Gasteiger partial charge in [-0.05, 0) is 62.2 Å². The number of hydrogen-bond donors (Lipinski definition) is 1. The lowest BCUT2D eigenvalue weighted by Gasteiger charge is -2.19. The van der Waals surface area contributed by atoms with Crippen LogP contribution in [0.3, 0.4) is 0 Å². The van der Waals surface area contributed by atoms with Crippen molar-refractivity contribution in [2.24, 2.45) is 0 Å². The van der Waals surface area contributed by atoms with Gasteiger partial charge >= 0.3 is 0 Å². The zero-order valence-electron chi connectivity index (χ0n) is 18.7. The van der Waals surface area contributed by atoms with E-state index in [1.54, 1.807) is 24.3 Å². The molecule has 1 unspecified atom stereocenters. The van der Waals surface area contributed by atoms with Gasteiger partial charge in [0.1, 0.15) is 16.7 Å². The summed E-state index contributed by atoms with van der Waals surface area (Å²) in [7, 11) is 0. The fourth-order valence-electron chi connectivity index (χ4n) is 3.58. The highest BCUT2D eigenvalue weighted by molar-refractivity contribution is 8.05. The van der Waals surface area contributed by atoms with Gasteiger partial charge in [-0.15, -0.1) is 0 Å². The number of hydrogen-bond acceptors (Lipinski definition) is 4. The molecule has 3 aromatic rings. The van der Waals surface area contributed by atoms with E-state index in [0.717, 1.165) is 16.7 Å². The molecule has 0 aromatic heterocycles. The first kappa shape index (κ1) is 23.6. The zero-order chi connectivity index (χ0) is 24.2. The van der Waals surface area contributed by atoms with Gasteiger partial charge in [0.15, 0.2) is 0 Å². The highest BCUT2D eigenvalue weighted by Crippen LogP contribution is 2.42. The third-order valence-corrected chi connectivity index (χ3v) is 6.96. The molecule has 0 saturated carbocycles. The summed E-state index contributed by atoms with van der Waals surface area (Å²) in [6.07, 6.45) is 0.449. The molecule has 1 aliphatic heterocycles. The minimum Gasteiger partial charge on any atom is -0.321 e. The first-order chi connectivity index (χ1) is 16.4. The SMILES string of the molecule is Cc1ccc(NC(=O)/C(C#N)=C2\SC(Cc3ccc(Cl)cc3)C(=O)N2c2ccc(C)cc2)cc1. The van der Waals surface area contributed by atoms with Crippen LogP contribution in [-0.4, -0.2) is 17.1 Å². The normalized spacial score (nSPS) is 16.8. The van der Waals surface area contributed by atoms with Crippen molar-refractivity contribution in [2.45, 2.75) is 25.5 Å². The summed E-state index contributed by atoms with van der Waals surface area (Å²) in [6, 6.07) is 24.1. The van der Waals surface area contributed by atoms with Crippen molar-refractivity contribution in [3.8, 4) is 6.07 Å². The lowest BCUT2D eigenvalue weighted by molar-refractivity contribution is -0.117. The van der Waals surface area contributed by atoms with E-state index in [0.29, 0.717) is 27.8 Å². The van der Waals surface area contributed by atoms with Crippen LogP contribution in [-0.2, 0) is 16.0 Å². The van der Waals surface area contributed by atoms with Crippen LogP contribution in [0.2, 0.25) is 5.02 Å². The highest BCUT2D eigenvalue weighted by atomic mass is 35.5. The van der Waals surface area contributed by atoms with Crippen LogP contribution in [0, 0.1) is 25.2 Å². The van der Waals surface area contributed by atoms with Crippen LogP contribution < -0.4 is 10.2 Å². The van der Waals surface area contributed by atoms with Crippen LogP contribution in [0.4, 0.5) is 11.4 Å². The van der Waals surface area contributed by atoms with E-state index >= 15 is 0 Å². The summed E-state index contributed by atoms with van der Waals surface area (Å²) in [5, 5.41) is 13.2. The number of nitriles is 1. The number of halogens is 1. The molecule has 34 heavy (non-hydrogen) atoms. The Bertz CT molecular complexity index is 1290. The number of anilines is 2. The molecule has 2 amide bonds. The Kier molecular flexibility index (Phi) is 7.06. The van der Waals surface area contributed by atoms with Gasteiger partial charge in [0.25, 0.3) is 5.91 Å². The molecule has 0 aliphatic carbocycles. The van der Waals surface area contributed by atoms with Gasteiger partial charge in [-0.1, -0.05) is 70.9 Å². The summed E-state index contributed by atoms with van der Waals surface area (Å²) < 4.78 is 0. The third-order valence-electron chi connectivity index (χ3n) is 5.44. The lowest BCUT2D eigenvalue weighted by atomic mass is 10.1. The fraction of sp³-hybridized carbons (Fsp3) is 0.148. The molecule has 0 bridgehead atoms. The quantitative estimate of drug-likeness (QED) is 0.352. The number of rotatable bonds is 5. The van der Waals surface area contributed by atoms with E-state index in [1.807, 2.05) is 68.4 Å². The summed E-state index contributed by atoms with van der Waals surface area (Å²) in [5.74, 6) is -0.722. The minimum atomic E-state index is -0.550. The molecule has 1 N–H and O–H groups in total. The number of thioether (sulfide) groups is 1. The molecule has 170 valence electrons. The predicted octanol–water partition coefficient (Wildman–Crippen LogP) is 6.02.